The molecule has 2 rings (SSSR count). The van der Waals surface area contributed by atoms with Gasteiger partial charge in [0.15, 0.2) is 0 Å². The molecule has 0 aliphatic carbocycles. The first-order chi connectivity index (χ1) is 9.78. The molecular formula is C17H22N2O. The van der Waals surface area contributed by atoms with Crippen molar-refractivity contribution in [1.82, 2.24) is 4.98 Å². The van der Waals surface area contributed by atoms with E-state index < -0.39 is 0 Å². The number of para-hydroxylation sites is 1. The molecule has 1 atom stereocenters. The second-order valence-electron chi connectivity index (χ2n) is 4.93. The van der Waals surface area contributed by atoms with Crippen molar-refractivity contribution in [2.75, 3.05) is 6.61 Å². The fourth-order valence-corrected chi connectivity index (χ4v) is 2.00. The predicted octanol–water partition coefficient (Wildman–Crippen LogP) is 2.98. The molecule has 1 aromatic carbocycles. The van der Waals surface area contributed by atoms with Crippen molar-refractivity contribution in [3.63, 3.8) is 0 Å². The third-order valence-corrected chi connectivity index (χ3v) is 3.27. The molecule has 0 aliphatic rings. The number of ether oxygens (including phenoxy) is 1. The van der Waals surface area contributed by atoms with Gasteiger partial charge in [0.1, 0.15) is 5.75 Å². The second kappa shape index (κ2) is 7.65. The zero-order valence-corrected chi connectivity index (χ0v) is 12.0. The number of nitrogens with two attached hydrogens (primary N) is 1. The van der Waals surface area contributed by atoms with Gasteiger partial charge < -0.3 is 10.5 Å². The standard InChI is InChI=1S/C17H22N2O/c1-2-14-8-9-16(19-13-14)12-15(18)10-11-20-17-6-4-3-5-7-17/h3-9,13,15H,2,10-12,18H2,1H3. The molecule has 0 radical (unpaired) electrons. The third kappa shape index (κ3) is 4.67. The van der Waals surface area contributed by atoms with Crippen LogP contribution < -0.4 is 10.5 Å². The quantitative estimate of drug-likeness (QED) is 0.841. The topological polar surface area (TPSA) is 48.1 Å². The highest BCUT2D eigenvalue weighted by Crippen LogP contribution is 2.10. The predicted molar refractivity (Wildman–Crippen MR) is 81.8 cm³/mol. The molecule has 2 N–H and O–H groups in total. The molecule has 106 valence electrons. The van der Waals surface area contributed by atoms with Gasteiger partial charge in [-0.1, -0.05) is 31.2 Å². The summed E-state index contributed by atoms with van der Waals surface area (Å²) in [6.45, 7) is 2.77. The van der Waals surface area contributed by atoms with Crippen LogP contribution in [0.15, 0.2) is 48.7 Å². The minimum atomic E-state index is 0.0821. The van der Waals surface area contributed by atoms with Gasteiger partial charge in [0.05, 0.1) is 6.61 Å². The molecule has 0 spiro atoms. The number of aryl methyl sites for hydroxylation is 1. The van der Waals surface area contributed by atoms with E-state index in [9.17, 15) is 0 Å². The van der Waals surface area contributed by atoms with E-state index in [1.54, 1.807) is 0 Å². The summed E-state index contributed by atoms with van der Waals surface area (Å²) in [7, 11) is 0. The van der Waals surface area contributed by atoms with Crippen LogP contribution in [0.3, 0.4) is 0 Å². The summed E-state index contributed by atoms with van der Waals surface area (Å²) in [5, 5.41) is 0. The molecule has 0 amide bonds. The lowest BCUT2D eigenvalue weighted by Gasteiger charge is -2.12. The van der Waals surface area contributed by atoms with Crippen LogP contribution in [0.5, 0.6) is 5.75 Å². The first-order valence-corrected chi connectivity index (χ1v) is 7.15. The fraction of sp³-hybridized carbons (Fsp3) is 0.353. The van der Waals surface area contributed by atoms with Crippen molar-refractivity contribution in [3.05, 3.63) is 59.9 Å². The lowest BCUT2D eigenvalue weighted by atomic mass is 10.1. The molecule has 3 nitrogen and oxygen atoms in total. The van der Waals surface area contributed by atoms with E-state index in [0.29, 0.717) is 6.61 Å². The maximum absolute atomic E-state index is 6.12. The monoisotopic (exact) mass is 270 g/mol. The van der Waals surface area contributed by atoms with Gasteiger partial charge in [0, 0.05) is 24.4 Å². The molecule has 3 heteroatoms. The molecule has 20 heavy (non-hydrogen) atoms. The summed E-state index contributed by atoms with van der Waals surface area (Å²) >= 11 is 0. The average Bonchev–Trinajstić information content (AvgIpc) is 2.49. The second-order valence-corrected chi connectivity index (χ2v) is 4.93. The Balaban J connectivity index is 1.73. The first kappa shape index (κ1) is 14.5. The van der Waals surface area contributed by atoms with Gasteiger partial charge in [-0.05, 0) is 36.6 Å². The lowest BCUT2D eigenvalue weighted by Crippen LogP contribution is -2.25. The Morgan fingerprint density at radius 2 is 1.95 bits per heavy atom. The minimum absolute atomic E-state index is 0.0821. The zero-order chi connectivity index (χ0) is 14.2. The number of aromatic nitrogens is 1. The van der Waals surface area contributed by atoms with Crippen LogP contribution in [0.4, 0.5) is 0 Å². The number of benzene rings is 1. The molecule has 2 aromatic rings. The molecule has 1 aromatic heterocycles. The van der Waals surface area contributed by atoms with Crippen LogP contribution in [-0.2, 0) is 12.8 Å². The molecule has 0 saturated carbocycles. The fourth-order valence-electron chi connectivity index (χ4n) is 2.00. The van der Waals surface area contributed by atoms with Gasteiger partial charge >= 0.3 is 0 Å². The largest absolute Gasteiger partial charge is 0.494 e. The van der Waals surface area contributed by atoms with Crippen LogP contribution in [0.1, 0.15) is 24.6 Å². The smallest absolute Gasteiger partial charge is 0.119 e. The highest BCUT2D eigenvalue weighted by Gasteiger charge is 2.06. The lowest BCUT2D eigenvalue weighted by molar-refractivity contribution is 0.297. The Bertz CT molecular complexity index is 496. The van der Waals surface area contributed by atoms with Crippen LogP contribution in [-0.4, -0.2) is 17.6 Å². The summed E-state index contributed by atoms with van der Waals surface area (Å²) < 4.78 is 5.65. The van der Waals surface area contributed by atoms with Crippen molar-refractivity contribution in [1.29, 1.82) is 0 Å². The Morgan fingerprint density at radius 1 is 1.15 bits per heavy atom. The summed E-state index contributed by atoms with van der Waals surface area (Å²) in [4.78, 5) is 4.43. The van der Waals surface area contributed by atoms with Crippen molar-refractivity contribution < 1.29 is 4.74 Å². The van der Waals surface area contributed by atoms with Crippen LogP contribution in [0.2, 0.25) is 0 Å². The van der Waals surface area contributed by atoms with E-state index in [1.165, 1.54) is 5.56 Å². The van der Waals surface area contributed by atoms with Gasteiger partial charge in [-0.3, -0.25) is 4.98 Å². The average molecular weight is 270 g/mol. The van der Waals surface area contributed by atoms with E-state index in [2.05, 4.69) is 24.0 Å². The zero-order valence-electron chi connectivity index (χ0n) is 12.0. The maximum Gasteiger partial charge on any atom is 0.119 e. The Kier molecular flexibility index (Phi) is 5.56. The summed E-state index contributed by atoms with van der Waals surface area (Å²) in [5.41, 5.74) is 8.43. The molecule has 0 saturated heterocycles. The SMILES string of the molecule is CCc1ccc(CC(N)CCOc2ccccc2)nc1. The number of hydrogen-bond donors (Lipinski definition) is 1. The third-order valence-electron chi connectivity index (χ3n) is 3.27. The summed E-state index contributed by atoms with van der Waals surface area (Å²) in [5.74, 6) is 0.894. The highest BCUT2D eigenvalue weighted by molar-refractivity contribution is 5.20. The summed E-state index contributed by atoms with van der Waals surface area (Å²) in [6, 6.07) is 14.1. The Labute approximate surface area is 120 Å². The van der Waals surface area contributed by atoms with Crippen LogP contribution in [0.25, 0.3) is 0 Å². The van der Waals surface area contributed by atoms with Crippen molar-refractivity contribution in [3.8, 4) is 5.75 Å². The van der Waals surface area contributed by atoms with Gasteiger partial charge in [-0.2, -0.15) is 0 Å². The van der Waals surface area contributed by atoms with Crippen molar-refractivity contribution in [2.24, 2.45) is 5.73 Å². The van der Waals surface area contributed by atoms with Crippen molar-refractivity contribution in [2.45, 2.75) is 32.2 Å². The number of hydrogen-bond acceptors (Lipinski definition) is 3. The number of pyridine rings is 1. The Morgan fingerprint density at radius 3 is 2.60 bits per heavy atom. The van der Waals surface area contributed by atoms with Crippen LogP contribution >= 0.6 is 0 Å². The van der Waals surface area contributed by atoms with Crippen LogP contribution in [0, 0.1) is 0 Å². The van der Waals surface area contributed by atoms with Gasteiger partial charge in [-0.25, -0.2) is 0 Å². The number of rotatable bonds is 7. The molecule has 0 aliphatic heterocycles. The van der Waals surface area contributed by atoms with E-state index in [1.807, 2.05) is 36.5 Å². The molecule has 0 fully saturated rings. The maximum atomic E-state index is 6.12. The first-order valence-electron chi connectivity index (χ1n) is 7.15. The number of nitrogens with zero attached hydrogens (tertiary/aromatic N) is 1. The van der Waals surface area contributed by atoms with E-state index in [0.717, 1.165) is 30.7 Å². The minimum Gasteiger partial charge on any atom is -0.494 e. The van der Waals surface area contributed by atoms with Gasteiger partial charge in [0.25, 0.3) is 0 Å². The Hall–Kier alpha value is -1.87. The molecule has 1 heterocycles. The van der Waals surface area contributed by atoms with E-state index in [4.69, 9.17) is 10.5 Å². The van der Waals surface area contributed by atoms with E-state index in [-0.39, 0.29) is 6.04 Å². The molecular weight excluding hydrogens is 248 g/mol. The molecule has 1 unspecified atom stereocenters. The van der Waals surface area contributed by atoms with Gasteiger partial charge in [-0.15, -0.1) is 0 Å². The normalized spacial score (nSPS) is 12.1. The summed E-state index contributed by atoms with van der Waals surface area (Å²) in [6.07, 6.45) is 4.57. The molecule has 0 bridgehead atoms. The van der Waals surface area contributed by atoms with Gasteiger partial charge in [0.2, 0.25) is 0 Å². The van der Waals surface area contributed by atoms with Crippen molar-refractivity contribution >= 4 is 0 Å². The van der Waals surface area contributed by atoms with E-state index >= 15 is 0 Å². The highest BCUT2D eigenvalue weighted by atomic mass is 16.5.